The highest BCUT2D eigenvalue weighted by molar-refractivity contribution is 5.72. The van der Waals surface area contributed by atoms with E-state index in [4.69, 9.17) is 0 Å². The second-order valence-corrected chi connectivity index (χ2v) is 9.48. The molecule has 1 radical (unpaired) electrons. The molecule has 1 unspecified atom stereocenters. The molecule has 183 valence electrons. The number of rotatable bonds is 24. The van der Waals surface area contributed by atoms with E-state index >= 15 is 0 Å². The number of unbranched alkanes of at least 4 members (excludes halogenated alkanes) is 14. The Hall–Kier alpha value is -0.790. The van der Waals surface area contributed by atoms with Crippen LogP contribution in [0.25, 0.3) is 0 Å². The first-order chi connectivity index (χ1) is 15.2. The molecule has 0 saturated carbocycles. The molecule has 0 aliphatic carbocycles. The summed E-state index contributed by atoms with van der Waals surface area (Å²) in [5.74, 6) is 0.525. The van der Waals surface area contributed by atoms with Gasteiger partial charge in [-0.15, -0.1) is 0 Å². The fourth-order valence-electron chi connectivity index (χ4n) is 4.39. The second kappa shape index (κ2) is 23.9. The van der Waals surface area contributed by atoms with E-state index in [2.05, 4.69) is 32.9 Å². The maximum absolute atomic E-state index is 11.8. The third kappa shape index (κ3) is 19.6. The second-order valence-electron chi connectivity index (χ2n) is 9.48. The average molecular weight is 436 g/mol. The van der Waals surface area contributed by atoms with Crippen molar-refractivity contribution in [2.24, 2.45) is 5.92 Å². The van der Waals surface area contributed by atoms with Gasteiger partial charge in [0.25, 0.3) is 0 Å². The summed E-state index contributed by atoms with van der Waals surface area (Å²) < 4.78 is 0. The van der Waals surface area contributed by atoms with E-state index in [1.807, 2.05) is 0 Å². The Morgan fingerprint density at radius 1 is 0.613 bits per heavy atom. The number of hydrogen-bond donors (Lipinski definition) is 1. The fourth-order valence-corrected chi connectivity index (χ4v) is 4.39. The lowest BCUT2D eigenvalue weighted by molar-refractivity contribution is -0.141. The fraction of sp³-hybridized carbons (Fsp3) is 0.862. The monoisotopic (exact) mass is 435 g/mol. The summed E-state index contributed by atoms with van der Waals surface area (Å²) >= 11 is 0. The quantitative estimate of drug-likeness (QED) is 0.121. The zero-order chi connectivity index (χ0) is 23.0. The van der Waals surface area contributed by atoms with Gasteiger partial charge < -0.3 is 5.11 Å². The van der Waals surface area contributed by atoms with Crippen molar-refractivity contribution in [1.29, 1.82) is 0 Å². The number of aliphatic carboxylic acids is 1. The summed E-state index contributed by atoms with van der Waals surface area (Å²) in [6.07, 6.45) is 30.6. The van der Waals surface area contributed by atoms with Gasteiger partial charge in [-0.05, 0) is 50.9 Å². The van der Waals surface area contributed by atoms with Gasteiger partial charge in [-0.25, -0.2) is 0 Å². The molecule has 2 nitrogen and oxygen atoms in total. The van der Waals surface area contributed by atoms with Crippen molar-refractivity contribution < 1.29 is 9.90 Å². The highest BCUT2D eigenvalue weighted by Crippen LogP contribution is 2.31. The summed E-state index contributed by atoms with van der Waals surface area (Å²) in [6, 6.07) is 0. The Labute approximate surface area is 195 Å². The Bertz CT molecular complexity index is 402. The third-order valence-corrected chi connectivity index (χ3v) is 6.50. The lowest BCUT2D eigenvalue weighted by Gasteiger charge is -2.23. The van der Waals surface area contributed by atoms with E-state index in [1.54, 1.807) is 0 Å². The van der Waals surface area contributed by atoms with Crippen LogP contribution in [0, 0.1) is 11.8 Å². The molecule has 0 rings (SSSR count). The van der Waals surface area contributed by atoms with Gasteiger partial charge >= 0.3 is 5.97 Å². The number of carboxylic acid groups (broad SMARTS) is 1. The van der Waals surface area contributed by atoms with E-state index in [9.17, 15) is 9.90 Å². The van der Waals surface area contributed by atoms with E-state index < -0.39 is 5.97 Å². The normalized spacial score (nSPS) is 12.8. The Morgan fingerprint density at radius 3 is 1.58 bits per heavy atom. The topological polar surface area (TPSA) is 37.3 Å². The Kier molecular flexibility index (Phi) is 23.3. The molecule has 2 heteroatoms. The molecule has 0 fully saturated rings. The van der Waals surface area contributed by atoms with Crippen LogP contribution in [-0.2, 0) is 4.79 Å². The molecule has 0 aliphatic rings. The molecule has 0 saturated heterocycles. The molecule has 0 heterocycles. The lowest BCUT2D eigenvalue weighted by Crippen LogP contribution is -2.22. The first-order valence-electron chi connectivity index (χ1n) is 13.9. The van der Waals surface area contributed by atoms with Gasteiger partial charge in [0, 0.05) is 0 Å². The summed E-state index contributed by atoms with van der Waals surface area (Å²) in [4.78, 5) is 11.8. The van der Waals surface area contributed by atoms with Crippen LogP contribution in [-0.4, -0.2) is 11.1 Å². The van der Waals surface area contributed by atoms with E-state index in [0.717, 1.165) is 44.9 Å². The minimum Gasteiger partial charge on any atom is -0.481 e. The number of hydrogen-bond acceptors (Lipinski definition) is 1. The Balaban J connectivity index is 3.76. The minimum absolute atomic E-state index is 0.199. The molecule has 0 amide bonds. The van der Waals surface area contributed by atoms with Crippen molar-refractivity contribution in [3.63, 3.8) is 0 Å². The molecule has 1 atom stereocenters. The van der Waals surface area contributed by atoms with Crippen molar-refractivity contribution >= 4 is 5.97 Å². The van der Waals surface area contributed by atoms with Crippen LogP contribution < -0.4 is 0 Å². The van der Waals surface area contributed by atoms with Crippen molar-refractivity contribution in [1.82, 2.24) is 0 Å². The molecule has 31 heavy (non-hydrogen) atoms. The highest BCUT2D eigenvalue weighted by Gasteiger charge is 2.27. The number of carboxylic acids is 1. The molecule has 0 aliphatic heterocycles. The molecular formula is C29H55O2. The van der Waals surface area contributed by atoms with Crippen molar-refractivity contribution in [2.75, 3.05) is 0 Å². The van der Waals surface area contributed by atoms with Crippen molar-refractivity contribution in [3.05, 3.63) is 18.1 Å². The zero-order valence-electron chi connectivity index (χ0n) is 21.4. The summed E-state index contributed by atoms with van der Waals surface area (Å²) in [7, 11) is 0. The molecule has 0 bridgehead atoms. The lowest BCUT2D eigenvalue weighted by atomic mass is 9.81. The molecule has 1 N–H and O–H groups in total. The Morgan fingerprint density at radius 2 is 1.06 bits per heavy atom. The van der Waals surface area contributed by atoms with E-state index in [1.165, 1.54) is 95.8 Å². The summed E-state index contributed by atoms with van der Waals surface area (Å²) in [5, 5.41) is 9.68. The van der Waals surface area contributed by atoms with Crippen LogP contribution >= 0.6 is 0 Å². The number of allylic oxidation sites excluding steroid dienone is 2. The van der Waals surface area contributed by atoms with Gasteiger partial charge in [0.05, 0.1) is 5.92 Å². The van der Waals surface area contributed by atoms with Gasteiger partial charge in [0.15, 0.2) is 0 Å². The molecule has 0 aromatic rings. The highest BCUT2D eigenvalue weighted by atomic mass is 16.4. The first kappa shape index (κ1) is 30.2. The van der Waals surface area contributed by atoms with Gasteiger partial charge in [-0.3, -0.25) is 4.79 Å². The number of carbonyl (C=O) groups is 1. The van der Waals surface area contributed by atoms with Crippen LogP contribution in [0.4, 0.5) is 0 Å². The van der Waals surface area contributed by atoms with Gasteiger partial charge in [-0.2, -0.15) is 0 Å². The van der Waals surface area contributed by atoms with Crippen molar-refractivity contribution in [3.8, 4) is 0 Å². The van der Waals surface area contributed by atoms with Gasteiger partial charge in [-0.1, -0.05) is 123 Å². The third-order valence-electron chi connectivity index (χ3n) is 6.50. The molecule has 0 spiro atoms. The van der Waals surface area contributed by atoms with Gasteiger partial charge in [0.1, 0.15) is 0 Å². The van der Waals surface area contributed by atoms with Crippen LogP contribution in [0.5, 0.6) is 0 Å². The molecule has 0 aromatic carbocycles. The predicted molar refractivity (Wildman–Crippen MR) is 137 cm³/mol. The molecular weight excluding hydrogens is 380 g/mol. The molecule has 0 aromatic heterocycles. The standard InChI is InChI=1S/C29H55O2/c1-4-7-10-11-12-13-14-15-16-17-18-19-20-21-22-23-25-27(24-8-5-2)28(29(30)31)26-9-6-3/h15-16,28H,4-14,17-26H2,1-3H3,(H,30,31)/b16-15-. The van der Waals surface area contributed by atoms with E-state index in [0.29, 0.717) is 0 Å². The SMILES string of the molecule is CCCCCCCC/C=C\CCCCCCCC[C](CCCC)C(CCCC)C(=O)O. The van der Waals surface area contributed by atoms with Crippen LogP contribution in [0.1, 0.15) is 156 Å². The first-order valence-corrected chi connectivity index (χ1v) is 13.9. The maximum Gasteiger partial charge on any atom is 0.307 e. The van der Waals surface area contributed by atoms with Crippen LogP contribution in [0.15, 0.2) is 12.2 Å². The maximum atomic E-state index is 11.8. The van der Waals surface area contributed by atoms with Gasteiger partial charge in [0.2, 0.25) is 0 Å². The predicted octanol–water partition coefficient (Wildman–Crippen LogP) is 10.1. The average Bonchev–Trinajstić information content (AvgIpc) is 2.76. The minimum atomic E-state index is -0.593. The summed E-state index contributed by atoms with van der Waals surface area (Å²) in [6.45, 7) is 6.62. The van der Waals surface area contributed by atoms with Crippen LogP contribution in [0.2, 0.25) is 0 Å². The smallest absolute Gasteiger partial charge is 0.307 e. The summed E-state index contributed by atoms with van der Waals surface area (Å²) in [5.41, 5.74) is 0. The van der Waals surface area contributed by atoms with Crippen LogP contribution in [0.3, 0.4) is 0 Å². The van der Waals surface area contributed by atoms with Crippen molar-refractivity contribution in [2.45, 2.75) is 156 Å². The van der Waals surface area contributed by atoms with E-state index in [-0.39, 0.29) is 5.92 Å². The zero-order valence-corrected chi connectivity index (χ0v) is 21.4. The largest absolute Gasteiger partial charge is 0.481 e.